The first-order chi connectivity index (χ1) is 8.75. The zero-order valence-corrected chi connectivity index (χ0v) is 10.5. The molecule has 4 heteroatoms. The van der Waals surface area contributed by atoms with Crippen LogP contribution in [-0.2, 0) is 11.3 Å². The lowest BCUT2D eigenvalue weighted by atomic mass is 9.98. The molecule has 0 aliphatic carbocycles. The van der Waals surface area contributed by atoms with Gasteiger partial charge in [-0.1, -0.05) is 18.2 Å². The molecule has 0 N–H and O–H groups in total. The third-order valence-electron chi connectivity index (χ3n) is 3.88. The molecule has 3 nitrogen and oxygen atoms in total. The van der Waals surface area contributed by atoms with Crippen LogP contribution >= 0.6 is 11.3 Å². The fourth-order valence-electron chi connectivity index (χ4n) is 2.98. The number of ketones is 1. The summed E-state index contributed by atoms with van der Waals surface area (Å²) in [5.41, 5.74) is 1.05. The smallest absolute Gasteiger partial charge is 0.223 e. The van der Waals surface area contributed by atoms with Crippen molar-refractivity contribution in [1.29, 1.82) is 0 Å². The van der Waals surface area contributed by atoms with E-state index < -0.39 is 0 Å². The molecule has 90 valence electrons. The van der Waals surface area contributed by atoms with Crippen LogP contribution < -0.4 is 0 Å². The lowest BCUT2D eigenvalue weighted by Gasteiger charge is -2.28. The molecule has 1 amide bonds. The number of nitrogens with zero attached hydrogens (tertiary/aromatic N) is 1. The minimum absolute atomic E-state index is 0.120. The molecule has 1 aromatic heterocycles. The fourth-order valence-corrected chi connectivity index (χ4v) is 4.18. The summed E-state index contributed by atoms with van der Waals surface area (Å²) < 4.78 is 1.14. The molecule has 0 bridgehead atoms. The van der Waals surface area contributed by atoms with Crippen LogP contribution in [-0.4, -0.2) is 22.6 Å². The lowest BCUT2D eigenvalue weighted by Crippen LogP contribution is -2.41. The van der Waals surface area contributed by atoms with Gasteiger partial charge in [0.15, 0.2) is 5.78 Å². The minimum atomic E-state index is -0.196. The summed E-state index contributed by atoms with van der Waals surface area (Å²) in [6.07, 6.45) is 1.20. The first-order valence-electron chi connectivity index (χ1n) is 6.10. The van der Waals surface area contributed by atoms with Gasteiger partial charge in [-0.15, -0.1) is 11.3 Å². The molecule has 4 rings (SSSR count). The van der Waals surface area contributed by atoms with E-state index in [4.69, 9.17) is 0 Å². The van der Waals surface area contributed by atoms with Gasteiger partial charge in [-0.3, -0.25) is 9.59 Å². The number of thiophene rings is 1. The molecule has 0 spiro atoms. The first-order valence-corrected chi connectivity index (χ1v) is 6.91. The molecule has 0 unspecified atom stereocenters. The Hall–Kier alpha value is -1.68. The molecule has 1 aromatic carbocycles. The number of carbonyl (C=O) groups excluding carboxylic acids is 2. The molecule has 0 radical (unpaired) electrons. The largest absolute Gasteiger partial charge is 0.328 e. The van der Waals surface area contributed by atoms with Gasteiger partial charge >= 0.3 is 0 Å². The topological polar surface area (TPSA) is 37.4 Å². The number of carbonyl (C=O) groups is 2. The van der Waals surface area contributed by atoms with Crippen LogP contribution in [0.15, 0.2) is 24.3 Å². The van der Waals surface area contributed by atoms with Crippen molar-refractivity contribution in [2.24, 2.45) is 0 Å². The zero-order chi connectivity index (χ0) is 12.3. The van der Waals surface area contributed by atoms with Crippen molar-refractivity contribution in [3.63, 3.8) is 0 Å². The number of fused-ring (bicyclic) bond motifs is 4. The van der Waals surface area contributed by atoms with Crippen molar-refractivity contribution in [3.05, 3.63) is 34.7 Å². The van der Waals surface area contributed by atoms with Crippen molar-refractivity contribution in [2.45, 2.75) is 25.4 Å². The van der Waals surface area contributed by atoms with Gasteiger partial charge in [-0.05, 0) is 17.9 Å². The number of Topliss-reactive ketones (excluding diaryl/α,β-unsaturated/α-hetero) is 1. The second kappa shape index (κ2) is 3.42. The Morgan fingerprint density at radius 3 is 2.94 bits per heavy atom. The molecule has 1 atom stereocenters. The van der Waals surface area contributed by atoms with Crippen LogP contribution in [0.1, 0.15) is 28.1 Å². The van der Waals surface area contributed by atoms with Gasteiger partial charge in [-0.25, -0.2) is 0 Å². The Morgan fingerprint density at radius 2 is 2.06 bits per heavy atom. The average Bonchev–Trinajstić information content (AvgIpc) is 2.93. The standard InChI is InChI=1S/C14H11NO2S/c16-12-6-5-10-13(17)14-9(7-15(10)12)8-3-1-2-4-11(8)18-14/h1-4,10H,5-7H2/t10-/m0/s1. The Balaban J connectivity index is 1.96. The van der Waals surface area contributed by atoms with Crippen molar-refractivity contribution >= 4 is 33.1 Å². The van der Waals surface area contributed by atoms with E-state index in [0.717, 1.165) is 20.5 Å². The molecule has 1 fully saturated rings. The predicted molar refractivity (Wildman–Crippen MR) is 69.7 cm³/mol. The third-order valence-corrected chi connectivity index (χ3v) is 5.11. The Labute approximate surface area is 108 Å². The molecule has 2 aliphatic rings. The molecule has 3 heterocycles. The number of benzene rings is 1. The SMILES string of the molecule is O=C1c2sc3ccccc3c2CN2C(=O)CC[C@@H]12. The highest BCUT2D eigenvalue weighted by Gasteiger charge is 2.42. The highest BCUT2D eigenvalue weighted by molar-refractivity contribution is 7.21. The van der Waals surface area contributed by atoms with Crippen LogP contribution in [0.3, 0.4) is 0 Å². The molecule has 2 aromatic rings. The van der Waals surface area contributed by atoms with Crippen LogP contribution in [0.25, 0.3) is 10.1 Å². The van der Waals surface area contributed by atoms with Gasteiger partial charge in [0.25, 0.3) is 0 Å². The van der Waals surface area contributed by atoms with E-state index in [2.05, 4.69) is 0 Å². The van der Waals surface area contributed by atoms with E-state index in [1.165, 1.54) is 0 Å². The maximum absolute atomic E-state index is 12.4. The van der Waals surface area contributed by atoms with Gasteiger partial charge in [0.2, 0.25) is 5.91 Å². The summed E-state index contributed by atoms with van der Waals surface area (Å²) in [7, 11) is 0. The maximum atomic E-state index is 12.4. The molecule has 18 heavy (non-hydrogen) atoms. The normalized spacial score (nSPS) is 22.4. The summed E-state index contributed by atoms with van der Waals surface area (Å²) in [6.45, 7) is 0.606. The second-order valence-electron chi connectivity index (χ2n) is 4.85. The van der Waals surface area contributed by atoms with Crippen molar-refractivity contribution in [1.82, 2.24) is 4.90 Å². The van der Waals surface area contributed by atoms with Crippen molar-refractivity contribution in [3.8, 4) is 0 Å². The number of hydrogen-bond donors (Lipinski definition) is 0. The van der Waals surface area contributed by atoms with Crippen LogP contribution in [0, 0.1) is 0 Å². The van der Waals surface area contributed by atoms with E-state index in [1.807, 2.05) is 24.3 Å². The molecule has 2 aliphatic heterocycles. The van der Waals surface area contributed by atoms with Crippen molar-refractivity contribution in [2.75, 3.05) is 0 Å². The lowest BCUT2D eigenvalue weighted by molar-refractivity contribution is -0.129. The zero-order valence-electron chi connectivity index (χ0n) is 9.68. The molecular weight excluding hydrogens is 246 g/mol. The van der Waals surface area contributed by atoms with Gasteiger partial charge in [0, 0.05) is 23.2 Å². The monoisotopic (exact) mass is 257 g/mol. The highest BCUT2D eigenvalue weighted by atomic mass is 32.1. The minimum Gasteiger partial charge on any atom is -0.328 e. The quantitative estimate of drug-likeness (QED) is 0.727. The summed E-state index contributed by atoms with van der Waals surface area (Å²) in [4.78, 5) is 26.9. The van der Waals surface area contributed by atoms with E-state index in [9.17, 15) is 9.59 Å². The first kappa shape index (κ1) is 10.3. The maximum Gasteiger partial charge on any atom is 0.223 e. The van der Waals surface area contributed by atoms with Gasteiger partial charge < -0.3 is 4.90 Å². The van der Waals surface area contributed by atoms with Gasteiger partial charge in [-0.2, -0.15) is 0 Å². The summed E-state index contributed by atoms with van der Waals surface area (Å²) in [6, 6.07) is 7.86. The number of rotatable bonds is 0. The number of hydrogen-bond acceptors (Lipinski definition) is 3. The van der Waals surface area contributed by atoms with Gasteiger partial charge in [0.1, 0.15) is 0 Å². The highest BCUT2D eigenvalue weighted by Crippen LogP contribution is 2.39. The van der Waals surface area contributed by atoms with Gasteiger partial charge in [0.05, 0.1) is 10.9 Å². The van der Waals surface area contributed by atoms with E-state index in [0.29, 0.717) is 19.4 Å². The van der Waals surface area contributed by atoms with E-state index >= 15 is 0 Å². The molecule has 0 saturated carbocycles. The van der Waals surface area contributed by atoms with E-state index in [1.54, 1.807) is 16.2 Å². The average molecular weight is 257 g/mol. The number of amides is 1. The van der Waals surface area contributed by atoms with Crippen LogP contribution in [0.2, 0.25) is 0 Å². The molecular formula is C14H11NO2S. The third kappa shape index (κ3) is 1.18. The Kier molecular flexibility index (Phi) is 1.95. The second-order valence-corrected chi connectivity index (χ2v) is 5.90. The summed E-state index contributed by atoms with van der Waals surface area (Å²) in [5, 5.41) is 1.13. The summed E-state index contributed by atoms with van der Waals surface area (Å²) >= 11 is 1.57. The Bertz CT molecular complexity index is 688. The molecule has 1 saturated heterocycles. The van der Waals surface area contributed by atoms with Crippen LogP contribution in [0.4, 0.5) is 0 Å². The summed E-state index contributed by atoms with van der Waals surface area (Å²) in [5.74, 6) is 0.262. The Morgan fingerprint density at radius 1 is 1.22 bits per heavy atom. The van der Waals surface area contributed by atoms with Crippen molar-refractivity contribution < 1.29 is 9.59 Å². The van der Waals surface area contributed by atoms with Crippen LogP contribution in [0.5, 0.6) is 0 Å². The van der Waals surface area contributed by atoms with E-state index in [-0.39, 0.29) is 17.7 Å². The predicted octanol–water partition coefficient (Wildman–Crippen LogP) is 2.59. The fraction of sp³-hybridized carbons (Fsp3) is 0.286.